The number of guanidine groups is 1. The number of nitrogens with zero attached hydrogens (tertiary/aromatic N) is 2. The number of hydrogen-bond acceptors (Lipinski definition) is 6. The first-order valence-electron chi connectivity index (χ1n) is 8.48. The molecule has 0 saturated heterocycles. The molecule has 1 aliphatic heterocycles. The molecule has 0 atom stereocenters. The maximum Gasteiger partial charge on any atom is 0.208 e. The molecule has 0 unspecified atom stereocenters. The quantitative estimate of drug-likeness (QED) is 0.580. The predicted molar refractivity (Wildman–Crippen MR) is 111 cm³/mol. The van der Waals surface area contributed by atoms with Gasteiger partial charge in [0.25, 0.3) is 0 Å². The Morgan fingerprint density at radius 1 is 1.14 bits per heavy atom. The molecule has 2 aromatic carbocycles. The van der Waals surface area contributed by atoms with Crippen LogP contribution in [0.5, 0.6) is 5.75 Å². The van der Waals surface area contributed by atoms with Gasteiger partial charge >= 0.3 is 0 Å². The molecule has 0 spiro atoms. The van der Waals surface area contributed by atoms with E-state index >= 15 is 0 Å². The zero-order valence-electron chi connectivity index (χ0n) is 14.9. The highest BCUT2D eigenvalue weighted by molar-refractivity contribution is 7.98. The van der Waals surface area contributed by atoms with E-state index in [2.05, 4.69) is 20.0 Å². The number of nitrogens with one attached hydrogen (secondary N) is 2. The fourth-order valence-corrected chi connectivity index (χ4v) is 3.81. The van der Waals surface area contributed by atoms with Crippen LogP contribution in [0.2, 0.25) is 5.02 Å². The number of hydrogen-bond donors (Lipinski definition) is 2. The van der Waals surface area contributed by atoms with Crippen LogP contribution in [0.25, 0.3) is 11.1 Å². The first-order chi connectivity index (χ1) is 13.7. The lowest BCUT2D eigenvalue weighted by atomic mass is 10.0. The largest absolute Gasteiger partial charge is 0.495 e. The van der Waals surface area contributed by atoms with Crippen molar-refractivity contribution in [2.45, 2.75) is 11.4 Å². The highest BCUT2D eigenvalue weighted by atomic mass is 35.5. The zero-order valence-corrected chi connectivity index (χ0v) is 16.4. The summed E-state index contributed by atoms with van der Waals surface area (Å²) in [4.78, 5) is 5.26. The van der Waals surface area contributed by atoms with Crippen molar-refractivity contribution in [2.75, 3.05) is 12.4 Å². The average molecular weight is 415 g/mol. The monoisotopic (exact) mass is 414 g/mol. The molecule has 142 valence electrons. The molecule has 0 radical (unpaired) electrons. The minimum Gasteiger partial charge on any atom is -0.495 e. The second-order valence-electron chi connectivity index (χ2n) is 5.94. The Bertz CT molecular complexity index is 1060. The van der Waals surface area contributed by atoms with Crippen molar-refractivity contribution in [1.82, 2.24) is 10.3 Å². The summed E-state index contributed by atoms with van der Waals surface area (Å²) < 4.78 is 23.7. The van der Waals surface area contributed by atoms with Gasteiger partial charge in [-0.2, -0.15) is 4.40 Å². The number of benzene rings is 2. The first kappa shape index (κ1) is 18.6. The normalized spacial score (nSPS) is 12.6. The van der Waals surface area contributed by atoms with E-state index in [4.69, 9.17) is 16.3 Å². The van der Waals surface area contributed by atoms with Crippen LogP contribution in [0.1, 0.15) is 5.69 Å². The summed E-state index contributed by atoms with van der Waals surface area (Å²) in [6.07, 6.45) is 1.71. The van der Waals surface area contributed by atoms with E-state index < -0.39 is 5.82 Å². The van der Waals surface area contributed by atoms with E-state index in [0.29, 0.717) is 23.8 Å². The maximum absolute atomic E-state index is 13.9. The van der Waals surface area contributed by atoms with Crippen molar-refractivity contribution in [3.8, 4) is 16.9 Å². The summed E-state index contributed by atoms with van der Waals surface area (Å²) >= 11 is 7.54. The van der Waals surface area contributed by atoms with Gasteiger partial charge in [-0.3, -0.25) is 4.98 Å². The predicted octanol–water partition coefficient (Wildman–Crippen LogP) is 5.13. The number of rotatable bonds is 4. The fourth-order valence-electron chi connectivity index (χ4n) is 2.89. The van der Waals surface area contributed by atoms with Gasteiger partial charge in [-0.1, -0.05) is 35.9 Å². The number of ether oxygens (including phenoxy) is 1. The topological polar surface area (TPSA) is 58.5 Å². The number of anilines is 1. The molecule has 0 amide bonds. The van der Waals surface area contributed by atoms with Gasteiger partial charge in [0.1, 0.15) is 17.3 Å². The van der Waals surface area contributed by atoms with Crippen LogP contribution in [0.4, 0.5) is 10.1 Å². The molecule has 1 aliphatic rings. The Balaban J connectivity index is 1.59. The van der Waals surface area contributed by atoms with Crippen molar-refractivity contribution in [3.63, 3.8) is 0 Å². The van der Waals surface area contributed by atoms with Crippen LogP contribution >= 0.6 is 23.5 Å². The summed E-state index contributed by atoms with van der Waals surface area (Å²) in [5, 5.41) is 6.61. The van der Waals surface area contributed by atoms with Gasteiger partial charge in [-0.25, -0.2) is 4.39 Å². The number of para-hydroxylation sites is 1. The minimum atomic E-state index is -0.450. The SMILES string of the molecule is COc1cccnc1CNC1=NSc2cccc(-c3cccc(F)c3Cl)c2N1. The number of halogens is 2. The summed E-state index contributed by atoms with van der Waals surface area (Å²) in [5.41, 5.74) is 3.02. The molecule has 0 bridgehead atoms. The molecule has 8 heteroatoms. The second-order valence-corrected chi connectivity index (χ2v) is 7.13. The molecule has 0 aliphatic carbocycles. The lowest BCUT2D eigenvalue weighted by Gasteiger charge is -2.22. The van der Waals surface area contributed by atoms with Gasteiger partial charge in [-0.15, -0.1) is 0 Å². The second kappa shape index (κ2) is 8.08. The van der Waals surface area contributed by atoms with Crippen molar-refractivity contribution in [3.05, 3.63) is 71.3 Å². The summed E-state index contributed by atoms with van der Waals surface area (Å²) in [7, 11) is 1.61. The molecule has 0 saturated carbocycles. The van der Waals surface area contributed by atoms with Crippen LogP contribution < -0.4 is 15.4 Å². The van der Waals surface area contributed by atoms with Gasteiger partial charge in [-0.05, 0) is 24.3 Å². The first-order valence-corrected chi connectivity index (χ1v) is 9.63. The van der Waals surface area contributed by atoms with Gasteiger partial charge < -0.3 is 15.4 Å². The summed E-state index contributed by atoms with van der Waals surface area (Å²) in [6, 6.07) is 14.2. The lowest BCUT2D eigenvalue weighted by Crippen LogP contribution is -2.32. The molecular weight excluding hydrogens is 399 g/mol. The molecule has 3 aromatic rings. The third-order valence-corrected chi connectivity index (χ3v) is 5.43. The fraction of sp³-hybridized carbons (Fsp3) is 0.100. The Morgan fingerprint density at radius 2 is 1.96 bits per heavy atom. The van der Waals surface area contributed by atoms with Gasteiger partial charge in [0.05, 0.1) is 29.3 Å². The van der Waals surface area contributed by atoms with Crippen LogP contribution in [0.3, 0.4) is 0 Å². The minimum absolute atomic E-state index is 0.0953. The lowest BCUT2D eigenvalue weighted by molar-refractivity contribution is 0.406. The van der Waals surface area contributed by atoms with E-state index in [-0.39, 0.29) is 5.02 Å². The third-order valence-electron chi connectivity index (χ3n) is 4.24. The van der Waals surface area contributed by atoms with E-state index in [1.807, 2.05) is 30.3 Å². The summed E-state index contributed by atoms with van der Waals surface area (Å²) in [6.45, 7) is 0.439. The maximum atomic E-state index is 13.9. The smallest absolute Gasteiger partial charge is 0.208 e. The molecule has 2 heterocycles. The zero-order chi connectivity index (χ0) is 19.5. The molecule has 0 fully saturated rings. The molecule has 1 aromatic heterocycles. The molecule has 5 nitrogen and oxygen atoms in total. The van der Waals surface area contributed by atoms with Crippen molar-refractivity contribution >= 4 is 35.2 Å². The average Bonchev–Trinajstić information content (AvgIpc) is 2.74. The Labute approximate surface area is 171 Å². The molecule has 28 heavy (non-hydrogen) atoms. The molecule has 4 rings (SSSR count). The number of pyridine rings is 1. The van der Waals surface area contributed by atoms with E-state index in [1.165, 1.54) is 18.0 Å². The Hall–Kier alpha value is -2.77. The third kappa shape index (κ3) is 3.63. The van der Waals surface area contributed by atoms with Crippen molar-refractivity contribution in [1.29, 1.82) is 0 Å². The highest BCUT2D eigenvalue weighted by Crippen LogP contribution is 2.41. The van der Waals surface area contributed by atoms with Gasteiger partial charge in [0.2, 0.25) is 5.96 Å². The van der Waals surface area contributed by atoms with Gasteiger partial charge in [0, 0.05) is 29.3 Å². The van der Waals surface area contributed by atoms with Crippen LogP contribution in [-0.2, 0) is 6.54 Å². The van der Waals surface area contributed by atoms with Crippen LogP contribution in [-0.4, -0.2) is 18.1 Å². The highest BCUT2D eigenvalue weighted by Gasteiger charge is 2.19. The van der Waals surface area contributed by atoms with Crippen molar-refractivity contribution < 1.29 is 9.13 Å². The Morgan fingerprint density at radius 3 is 2.82 bits per heavy atom. The van der Waals surface area contributed by atoms with E-state index in [1.54, 1.807) is 25.4 Å². The summed E-state index contributed by atoms with van der Waals surface area (Å²) in [5.74, 6) is 0.825. The van der Waals surface area contributed by atoms with Crippen LogP contribution in [0.15, 0.2) is 64.0 Å². The number of aromatic nitrogens is 1. The van der Waals surface area contributed by atoms with E-state index in [9.17, 15) is 4.39 Å². The molecule has 2 N–H and O–H groups in total. The number of methoxy groups -OCH3 is 1. The van der Waals surface area contributed by atoms with Gasteiger partial charge in [0.15, 0.2) is 0 Å². The van der Waals surface area contributed by atoms with Crippen molar-refractivity contribution in [2.24, 2.45) is 4.40 Å². The number of fused-ring (bicyclic) bond motifs is 1. The standard InChI is InChI=1S/C20H16ClFN4OS/c1-27-16-8-4-10-23-15(16)11-24-20-25-19-13(6-3-9-17(19)28-26-20)12-5-2-7-14(22)18(12)21/h2-10H,11H2,1H3,(H2,24,25,26). The molecular formula is C20H16ClFN4OS. The van der Waals surface area contributed by atoms with Crippen LogP contribution in [0, 0.1) is 5.82 Å². The Kier molecular flexibility index (Phi) is 5.36. The van der Waals surface area contributed by atoms with E-state index in [0.717, 1.165) is 21.8 Å².